The number of rotatable bonds is 8. The van der Waals surface area contributed by atoms with Crippen LogP contribution in [0.25, 0.3) is 11.3 Å². The Labute approximate surface area is 220 Å². The third-order valence-corrected chi connectivity index (χ3v) is 7.66. The summed E-state index contributed by atoms with van der Waals surface area (Å²) in [5.41, 5.74) is 1.75. The average Bonchev–Trinajstić information content (AvgIpc) is 2.91. The third-order valence-electron chi connectivity index (χ3n) is 5.78. The molecule has 3 N–H and O–H groups in total. The van der Waals surface area contributed by atoms with Gasteiger partial charge in [0.1, 0.15) is 10.6 Å². The molecule has 1 unspecified atom stereocenters. The van der Waals surface area contributed by atoms with Crippen molar-refractivity contribution >= 4 is 33.3 Å². The number of hydrogen-bond acceptors (Lipinski definition) is 8. The highest BCUT2D eigenvalue weighted by atomic mass is 35.5. The maximum absolute atomic E-state index is 12.7. The van der Waals surface area contributed by atoms with E-state index in [2.05, 4.69) is 30.3 Å². The summed E-state index contributed by atoms with van der Waals surface area (Å²) in [7, 11) is -3.83. The molecule has 0 spiro atoms. The number of benzene rings is 2. The first kappa shape index (κ1) is 24.9. The smallest absolute Gasteiger partial charge is 0.263 e. The predicted octanol–water partition coefficient (Wildman–Crippen LogP) is 4.95. The van der Waals surface area contributed by atoms with Gasteiger partial charge in [0.15, 0.2) is 0 Å². The molecule has 1 aliphatic rings. The molecule has 2 aromatic carbocycles. The Balaban J connectivity index is 1.31. The van der Waals surface area contributed by atoms with Gasteiger partial charge in [0.2, 0.25) is 11.8 Å². The van der Waals surface area contributed by atoms with Gasteiger partial charge in [0.25, 0.3) is 10.0 Å². The van der Waals surface area contributed by atoms with E-state index in [1.165, 1.54) is 12.1 Å². The molecule has 5 rings (SSSR count). The molecule has 3 heterocycles. The normalized spacial score (nSPS) is 15.6. The number of aromatic nitrogens is 3. The van der Waals surface area contributed by atoms with Crippen LogP contribution in [-0.4, -0.2) is 42.5 Å². The van der Waals surface area contributed by atoms with Crippen molar-refractivity contribution in [3.8, 4) is 22.9 Å². The summed E-state index contributed by atoms with van der Waals surface area (Å²) >= 11 is 6.05. The molecular weight excluding hydrogens is 512 g/mol. The van der Waals surface area contributed by atoms with Gasteiger partial charge in [-0.1, -0.05) is 23.7 Å². The van der Waals surface area contributed by atoms with Crippen molar-refractivity contribution in [2.45, 2.75) is 23.8 Å². The van der Waals surface area contributed by atoms with Crippen LogP contribution in [0.4, 0.5) is 11.6 Å². The summed E-state index contributed by atoms with van der Waals surface area (Å²) in [5, 5.41) is 6.91. The summed E-state index contributed by atoms with van der Waals surface area (Å²) < 4.78 is 34.0. The molecule has 0 amide bonds. The quantitative estimate of drug-likeness (QED) is 0.289. The minimum Gasteiger partial charge on any atom is -0.438 e. The summed E-state index contributed by atoms with van der Waals surface area (Å²) in [6, 6.07) is 18.6. The zero-order valence-corrected chi connectivity index (χ0v) is 21.3. The second-order valence-corrected chi connectivity index (χ2v) is 10.5. The number of nitrogens with one attached hydrogen (secondary N) is 3. The first-order valence-electron chi connectivity index (χ1n) is 11.8. The summed E-state index contributed by atoms with van der Waals surface area (Å²) in [4.78, 5) is 13.4. The molecule has 2 aromatic heterocycles. The lowest BCUT2D eigenvalue weighted by Gasteiger charge is -2.23. The van der Waals surface area contributed by atoms with Crippen molar-refractivity contribution in [1.82, 2.24) is 20.3 Å². The minimum absolute atomic E-state index is 0.00794. The lowest BCUT2D eigenvalue weighted by atomic mass is 10.1. The van der Waals surface area contributed by atoms with E-state index in [9.17, 15) is 8.42 Å². The standard InChI is InChI=1S/C26H25ClN6O3S/c27-22-7-1-2-8-24(22)37(34,35)33-18-9-11-20(12-10-18)36-25-21(6-4-15-29-25)23-13-16-30-26(32-23)31-19-5-3-14-28-17-19/h1-2,4,6-13,15-16,19,28,33H,3,5,14,17H2,(H,30,31,32). The van der Waals surface area contributed by atoms with E-state index in [1.54, 1.807) is 54.9 Å². The minimum atomic E-state index is -3.83. The van der Waals surface area contributed by atoms with Crippen molar-refractivity contribution in [2.24, 2.45) is 0 Å². The molecule has 0 bridgehead atoms. The number of anilines is 2. The molecule has 37 heavy (non-hydrogen) atoms. The first-order chi connectivity index (χ1) is 18.0. The first-order valence-corrected chi connectivity index (χ1v) is 13.6. The Hall–Kier alpha value is -3.73. The maximum atomic E-state index is 12.7. The van der Waals surface area contributed by atoms with E-state index in [4.69, 9.17) is 16.3 Å². The molecule has 0 aliphatic carbocycles. The topological polar surface area (TPSA) is 118 Å². The van der Waals surface area contributed by atoms with E-state index in [0.717, 1.165) is 25.9 Å². The second kappa shape index (κ2) is 11.1. The molecule has 11 heteroatoms. The van der Waals surface area contributed by atoms with Crippen molar-refractivity contribution < 1.29 is 13.2 Å². The fraction of sp³-hybridized carbons (Fsp3) is 0.192. The molecule has 190 valence electrons. The lowest BCUT2D eigenvalue weighted by molar-refractivity contribution is 0.465. The Morgan fingerprint density at radius 2 is 1.81 bits per heavy atom. The van der Waals surface area contributed by atoms with Gasteiger partial charge in [-0.2, -0.15) is 0 Å². The highest BCUT2D eigenvalue weighted by molar-refractivity contribution is 7.92. The third kappa shape index (κ3) is 6.16. The van der Waals surface area contributed by atoms with Crippen LogP contribution in [0.3, 0.4) is 0 Å². The van der Waals surface area contributed by atoms with Gasteiger partial charge in [-0.15, -0.1) is 0 Å². The molecule has 1 aliphatic heterocycles. The van der Waals surface area contributed by atoms with Gasteiger partial charge in [-0.3, -0.25) is 4.72 Å². The zero-order valence-electron chi connectivity index (χ0n) is 19.8. The van der Waals surface area contributed by atoms with Crippen LogP contribution in [0.2, 0.25) is 5.02 Å². The van der Waals surface area contributed by atoms with E-state index < -0.39 is 10.0 Å². The monoisotopic (exact) mass is 536 g/mol. The number of halogens is 1. The van der Waals surface area contributed by atoms with Crippen LogP contribution in [0.1, 0.15) is 12.8 Å². The highest BCUT2D eigenvalue weighted by Gasteiger charge is 2.18. The summed E-state index contributed by atoms with van der Waals surface area (Å²) in [5.74, 6) is 1.41. The van der Waals surface area contributed by atoms with Gasteiger partial charge < -0.3 is 15.4 Å². The Kier molecular flexibility index (Phi) is 7.50. The van der Waals surface area contributed by atoms with Crippen molar-refractivity contribution in [3.63, 3.8) is 0 Å². The zero-order chi connectivity index (χ0) is 25.7. The molecule has 0 saturated carbocycles. The van der Waals surface area contributed by atoms with E-state index >= 15 is 0 Å². The summed E-state index contributed by atoms with van der Waals surface area (Å²) in [6.45, 7) is 1.91. The number of pyridine rings is 1. The number of sulfonamides is 1. The number of piperidine rings is 1. The Morgan fingerprint density at radius 3 is 2.59 bits per heavy atom. The largest absolute Gasteiger partial charge is 0.438 e. The molecule has 1 saturated heterocycles. The maximum Gasteiger partial charge on any atom is 0.263 e. The molecule has 0 radical (unpaired) electrons. The van der Waals surface area contributed by atoms with Crippen molar-refractivity contribution in [1.29, 1.82) is 0 Å². The van der Waals surface area contributed by atoms with Gasteiger partial charge >= 0.3 is 0 Å². The predicted molar refractivity (Wildman–Crippen MR) is 144 cm³/mol. The van der Waals surface area contributed by atoms with Gasteiger partial charge in [-0.25, -0.2) is 23.4 Å². The van der Waals surface area contributed by atoms with Crippen LogP contribution < -0.4 is 20.1 Å². The fourth-order valence-corrected chi connectivity index (χ4v) is 5.56. The van der Waals surface area contributed by atoms with E-state index in [-0.39, 0.29) is 16.0 Å². The van der Waals surface area contributed by atoms with Crippen LogP contribution in [-0.2, 0) is 10.0 Å². The van der Waals surface area contributed by atoms with Crippen molar-refractivity contribution in [2.75, 3.05) is 23.1 Å². The SMILES string of the molecule is O=S(=O)(Nc1ccc(Oc2ncccc2-c2ccnc(NC3CCCNC3)n2)cc1)c1ccccc1Cl. The Morgan fingerprint density at radius 1 is 0.973 bits per heavy atom. The molecule has 1 fully saturated rings. The number of ether oxygens (including phenoxy) is 1. The average molecular weight is 537 g/mol. The fourth-order valence-electron chi connectivity index (χ4n) is 3.98. The number of hydrogen-bond donors (Lipinski definition) is 3. The van der Waals surface area contributed by atoms with E-state index in [1.807, 2.05) is 12.1 Å². The second-order valence-electron chi connectivity index (χ2n) is 8.47. The molecule has 1 atom stereocenters. The molecule has 9 nitrogen and oxygen atoms in total. The van der Waals surface area contributed by atoms with Crippen LogP contribution >= 0.6 is 11.6 Å². The van der Waals surface area contributed by atoms with Gasteiger partial charge in [0, 0.05) is 30.7 Å². The van der Waals surface area contributed by atoms with Gasteiger partial charge in [-0.05, 0) is 74.0 Å². The van der Waals surface area contributed by atoms with Gasteiger partial charge in [0.05, 0.1) is 16.3 Å². The van der Waals surface area contributed by atoms with Crippen LogP contribution in [0.15, 0.2) is 84.0 Å². The van der Waals surface area contributed by atoms with Crippen LogP contribution in [0, 0.1) is 0 Å². The molecule has 4 aromatic rings. The highest BCUT2D eigenvalue weighted by Crippen LogP contribution is 2.31. The van der Waals surface area contributed by atoms with Crippen molar-refractivity contribution in [3.05, 3.63) is 84.1 Å². The lowest BCUT2D eigenvalue weighted by Crippen LogP contribution is -2.38. The van der Waals surface area contributed by atoms with Crippen LogP contribution in [0.5, 0.6) is 11.6 Å². The summed E-state index contributed by atoms with van der Waals surface area (Å²) in [6.07, 6.45) is 5.52. The number of nitrogens with zero attached hydrogens (tertiary/aromatic N) is 3. The van der Waals surface area contributed by atoms with E-state index in [0.29, 0.717) is 34.5 Å². The Bertz CT molecular complexity index is 1480. The molecular formula is C26H25ClN6O3S.